The van der Waals surface area contributed by atoms with Crippen molar-refractivity contribution in [2.75, 3.05) is 45.9 Å². The van der Waals surface area contributed by atoms with Crippen LogP contribution in [0.4, 0.5) is 0 Å². The molecule has 0 aliphatic carbocycles. The molecule has 3 heterocycles. The number of guanidine groups is 1. The molecule has 1 atom stereocenters. The molecule has 8 nitrogen and oxygen atoms in total. The maximum Gasteiger partial charge on any atom is 0.191 e. The molecule has 30 heavy (non-hydrogen) atoms. The summed E-state index contributed by atoms with van der Waals surface area (Å²) in [6.45, 7) is 9.99. The summed E-state index contributed by atoms with van der Waals surface area (Å²) in [6, 6.07) is 0. The normalized spacial score (nSPS) is 21.4. The molecule has 1 aromatic heterocycles. The summed E-state index contributed by atoms with van der Waals surface area (Å²) in [5.74, 6) is 1.92. The van der Waals surface area contributed by atoms with Gasteiger partial charge in [0.2, 0.25) is 0 Å². The van der Waals surface area contributed by atoms with E-state index in [-0.39, 0.29) is 6.10 Å². The summed E-state index contributed by atoms with van der Waals surface area (Å²) in [7, 11) is 0. The van der Waals surface area contributed by atoms with Crippen LogP contribution in [0.1, 0.15) is 64.1 Å². The molecule has 0 aromatic carbocycles. The molecule has 0 radical (unpaired) electrons. The summed E-state index contributed by atoms with van der Waals surface area (Å²) in [4.78, 5) is 7.44. The smallest absolute Gasteiger partial charge is 0.191 e. The highest BCUT2D eigenvalue weighted by Gasteiger charge is 2.14. The Bertz CT molecular complexity index is 604. The van der Waals surface area contributed by atoms with Crippen LogP contribution < -0.4 is 10.6 Å². The van der Waals surface area contributed by atoms with E-state index < -0.39 is 0 Å². The minimum absolute atomic E-state index is 0.263. The molecule has 0 bridgehead atoms. The lowest BCUT2D eigenvalue weighted by molar-refractivity contribution is 0.0224. The molecule has 2 aliphatic heterocycles. The third-order valence-electron chi connectivity index (χ3n) is 6.03. The molecule has 170 valence electrons. The number of rotatable bonds is 10. The highest BCUT2D eigenvalue weighted by atomic mass is 16.5. The standard InChI is InChI=1S/C22H41N7O/c1-2-21-27-26-19-29(21)16-12-24-22(25-18-20-10-5-8-17-30-20)23-11-9-15-28-13-6-3-4-7-14-28/h19-20H,2-18H2,1H3,(H2,23,24,25). The van der Waals surface area contributed by atoms with Crippen molar-refractivity contribution < 1.29 is 4.74 Å². The van der Waals surface area contributed by atoms with Gasteiger partial charge < -0.3 is 24.8 Å². The van der Waals surface area contributed by atoms with E-state index in [4.69, 9.17) is 9.73 Å². The van der Waals surface area contributed by atoms with Crippen molar-refractivity contribution in [2.45, 2.75) is 77.4 Å². The largest absolute Gasteiger partial charge is 0.376 e. The Labute approximate surface area is 181 Å². The fourth-order valence-electron chi connectivity index (χ4n) is 4.22. The zero-order chi connectivity index (χ0) is 20.9. The predicted octanol–water partition coefficient (Wildman–Crippen LogP) is 2.21. The SMILES string of the molecule is CCc1nncn1CCNC(=NCC1CCCCO1)NCCCN1CCCCCC1. The van der Waals surface area contributed by atoms with Gasteiger partial charge in [-0.25, -0.2) is 0 Å². The maximum atomic E-state index is 5.85. The third-order valence-corrected chi connectivity index (χ3v) is 6.03. The topological polar surface area (TPSA) is 79.6 Å². The Hall–Kier alpha value is -1.67. The van der Waals surface area contributed by atoms with Gasteiger partial charge in [-0.2, -0.15) is 0 Å². The Balaban J connectivity index is 1.43. The van der Waals surface area contributed by atoms with Crippen molar-refractivity contribution >= 4 is 5.96 Å². The first-order chi connectivity index (χ1) is 14.8. The van der Waals surface area contributed by atoms with Crippen LogP contribution in [0.2, 0.25) is 0 Å². The van der Waals surface area contributed by atoms with Crippen LogP contribution >= 0.6 is 0 Å². The van der Waals surface area contributed by atoms with Gasteiger partial charge in [0.15, 0.2) is 5.96 Å². The minimum Gasteiger partial charge on any atom is -0.376 e. The lowest BCUT2D eigenvalue weighted by atomic mass is 10.1. The first-order valence-electron chi connectivity index (χ1n) is 12.1. The van der Waals surface area contributed by atoms with Crippen LogP contribution in [0, 0.1) is 0 Å². The molecule has 0 spiro atoms. The van der Waals surface area contributed by atoms with Gasteiger partial charge in [0, 0.05) is 32.7 Å². The van der Waals surface area contributed by atoms with E-state index in [0.717, 1.165) is 63.8 Å². The van der Waals surface area contributed by atoms with Crippen molar-refractivity contribution in [1.82, 2.24) is 30.3 Å². The third kappa shape index (κ3) is 8.22. The number of nitrogens with zero attached hydrogens (tertiary/aromatic N) is 5. The van der Waals surface area contributed by atoms with Gasteiger partial charge in [0.25, 0.3) is 0 Å². The molecular weight excluding hydrogens is 378 g/mol. The highest BCUT2D eigenvalue weighted by Crippen LogP contribution is 2.12. The molecule has 3 rings (SSSR count). The minimum atomic E-state index is 0.263. The number of nitrogens with one attached hydrogen (secondary N) is 2. The summed E-state index contributed by atoms with van der Waals surface area (Å²) < 4.78 is 7.95. The first kappa shape index (κ1) is 23.0. The van der Waals surface area contributed by atoms with E-state index in [2.05, 4.69) is 37.2 Å². The number of hydrogen-bond donors (Lipinski definition) is 2. The molecule has 8 heteroatoms. The van der Waals surface area contributed by atoms with Crippen molar-refractivity contribution in [2.24, 2.45) is 4.99 Å². The summed E-state index contributed by atoms with van der Waals surface area (Å²) in [6.07, 6.45) is 13.2. The van der Waals surface area contributed by atoms with Gasteiger partial charge in [-0.15, -0.1) is 10.2 Å². The van der Waals surface area contributed by atoms with Crippen molar-refractivity contribution in [3.63, 3.8) is 0 Å². The van der Waals surface area contributed by atoms with Crippen LogP contribution in [0.5, 0.6) is 0 Å². The van der Waals surface area contributed by atoms with E-state index in [9.17, 15) is 0 Å². The van der Waals surface area contributed by atoms with E-state index in [0.29, 0.717) is 0 Å². The fraction of sp³-hybridized carbons (Fsp3) is 0.864. The molecule has 2 saturated heterocycles. The van der Waals surface area contributed by atoms with Gasteiger partial charge >= 0.3 is 0 Å². The van der Waals surface area contributed by atoms with Crippen LogP contribution in [0.3, 0.4) is 0 Å². The van der Waals surface area contributed by atoms with Gasteiger partial charge in [0.05, 0.1) is 12.6 Å². The Morgan fingerprint density at radius 1 is 1.10 bits per heavy atom. The highest BCUT2D eigenvalue weighted by molar-refractivity contribution is 5.79. The lowest BCUT2D eigenvalue weighted by Crippen LogP contribution is -2.41. The molecule has 1 unspecified atom stereocenters. The van der Waals surface area contributed by atoms with Gasteiger partial charge in [-0.05, 0) is 58.2 Å². The van der Waals surface area contributed by atoms with Crippen molar-refractivity contribution in [1.29, 1.82) is 0 Å². The Kier molecular flexibility index (Phi) is 10.4. The second-order valence-electron chi connectivity index (χ2n) is 8.43. The zero-order valence-corrected chi connectivity index (χ0v) is 18.8. The second kappa shape index (κ2) is 13.6. The number of aliphatic imine (C=N–C) groups is 1. The molecule has 0 saturated carbocycles. The van der Waals surface area contributed by atoms with Gasteiger partial charge in [-0.3, -0.25) is 4.99 Å². The lowest BCUT2D eigenvalue weighted by Gasteiger charge is -2.22. The molecule has 2 aliphatic rings. The molecular formula is C22H41N7O. The van der Waals surface area contributed by atoms with Crippen LogP contribution in [0.25, 0.3) is 0 Å². The Morgan fingerprint density at radius 3 is 2.70 bits per heavy atom. The number of likely N-dealkylation sites (tertiary alicyclic amines) is 1. The number of ether oxygens (including phenoxy) is 1. The quantitative estimate of drug-likeness (QED) is 0.344. The van der Waals surface area contributed by atoms with Gasteiger partial charge in [-0.1, -0.05) is 19.8 Å². The summed E-state index contributed by atoms with van der Waals surface area (Å²) in [5.41, 5.74) is 0. The zero-order valence-electron chi connectivity index (χ0n) is 18.8. The number of aromatic nitrogens is 3. The van der Waals surface area contributed by atoms with Crippen LogP contribution in [-0.2, 0) is 17.7 Å². The predicted molar refractivity (Wildman–Crippen MR) is 121 cm³/mol. The first-order valence-corrected chi connectivity index (χ1v) is 12.1. The second-order valence-corrected chi connectivity index (χ2v) is 8.43. The molecule has 1 aromatic rings. The number of hydrogen-bond acceptors (Lipinski definition) is 5. The summed E-state index contributed by atoms with van der Waals surface area (Å²) in [5, 5.41) is 15.2. The van der Waals surface area contributed by atoms with Crippen molar-refractivity contribution in [3.8, 4) is 0 Å². The monoisotopic (exact) mass is 419 g/mol. The average Bonchev–Trinajstić information content (AvgIpc) is 3.08. The van der Waals surface area contributed by atoms with Crippen LogP contribution in [-0.4, -0.2) is 77.6 Å². The summed E-state index contributed by atoms with van der Waals surface area (Å²) >= 11 is 0. The van der Waals surface area contributed by atoms with E-state index in [1.165, 1.54) is 58.2 Å². The maximum absolute atomic E-state index is 5.85. The molecule has 2 fully saturated rings. The average molecular weight is 420 g/mol. The van der Waals surface area contributed by atoms with E-state index >= 15 is 0 Å². The van der Waals surface area contributed by atoms with Crippen molar-refractivity contribution in [3.05, 3.63) is 12.2 Å². The Morgan fingerprint density at radius 2 is 1.93 bits per heavy atom. The molecule has 2 N–H and O–H groups in total. The molecule has 0 amide bonds. The number of aryl methyl sites for hydroxylation is 1. The van der Waals surface area contributed by atoms with Gasteiger partial charge in [0.1, 0.15) is 12.2 Å². The fourth-order valence-corrected chi connectivity index (χ4v) is 4.22. The van der Waals surface area contributed by atoms with E-state index in [1.54, 1.807) is 0 Å². The van der Waals surface area contributed by atoms with Crippen LogP contribution in [0.15, 0.2) is 11.3 Å². The van der Waals surface area contributed by atoms with E-state index in [1.807, 2.05) is 6.33 Å².